The predicted octanol–water partition coefficient (Wildman–Crippen LogP) is 10.4. The molecule has 0 aromatic heterocycles. The van der Waals surface area contributed by atoms with Crippen LogP contribution in [-0.2, 0) is 0 Å². The Morgan fingerprint density at radius 3 is 1.31 bits per heavy atom. The van der Waals surface area contributed by atoms with Crippen LogP contribution in [0.25, 0.3) is 0 Å². The first kappa shape index (κ1) is 27.1. The highest BCUT2D eigenvalue weighted by Crippen LogP contribution is 2.32. The van der Waals surface area contributed by atoms with E-state index >= 15 is 0 Å². The Kier molecular flexibility index (Phi) is 19.9. The van der Waals surface area contributed by atoms with Gasteiger partial charge in [-0.15, -0.1) is 0 Å². The van der Waals surface area contributed by atoms with Gasteiger partial charge in [-0.3, -0.25) is 0 Å². The maximum atomic E-state index is 2.34. The van der Waals surface area contributed by atoms with Crippen LogP contribution in [0, 0.1) is 0 Å². The van der Waals surface area contributed by atoms with Crippen molar-refractivity contribution >= 4 is 7.28 Å². The monoisotopic (exact) mass is 404 g/mol. The van der Waals surface area contributed by atoms with Gasteiger partial charge >= 0.3 is 0 Å². The summed E-state index contributed by atoms with van der Waals surface area (Å²) in [5.74, 6) is 2.09. The summed E-state index contributed by atoms with van der Waals surface area (Å²) in [4.78, 5) is 0. The SMILES string of the molecule is CCCCCCCC(BC1CCCCCCCCCCCC1)CCCCCCC. The van der Waals surface area contributed by atoms with Crippen LogP contribution < -0.4 is 0 Å². The van der Waals surface area contributed by atoms with E-state index < -0.39 is 0 Å². The van der Waals surface area contributed by atoms with Crippen LogP contribution in [0.2, 0.25) is 11.6 Å². The summed E-state index contributed by atoms with van der Waals surface area (Å²) in [6.07, 6.45) is 35.8. The average Bonchev–Trinajstić information content (AvgIpc) is 2.75. The standard InChI is InChI=1S/C28H57B/c1-3-5-7-15-19-23-27(24-20-16-8-6-4-2)29-28-25-21-17-13-11-9-10-12-14-18-22-26-28/h27-29H,3-26H2,1-2H3. The maximum Gasteiger partial charge on any atom is 0.127 e. The van der Waals surface area contributed by atoms with Crippen molar-refractivity contribution in [3.8, 4) is 0 Å². The molecule has 29 heavy (non-hydrogen) atoms. The number of hydrogen-bond donors (Lipinski definition) is 0. The lowest BCUT2D eigenvalue weighted by atomic mass is 9.50. The van der Waals surface area contributed by atoms with Crippen molar-refractivity contribution in [3.63, 3.8) is 0 Å². The van der Waals surface area contributed by atoms with Crippen LogP contribution >= 0.6 is 0 Å². The maximum absolute atomic E-state index is 2.34. The number of unbranched alkanes of at least 4 members (excludes halogenated alkanes) is 8. The summed E-state index contributed by atoms with van der Waals surface area (Å²) in [6.45, 7) is 4.68. The van der Waals surface area contributed by atoms with E-state index in [1.807, 2.05) is 0 Å². The molecule has 0 aromatic rings. The number of rotatable bonds is 14. The van der Waals surface area contributed by atoms with Gasteiger partial charge < -0.3 is 0 Å². The summed E-state index contributed by atoms with van der Waals surface area (Å²) in [5, 5.41) is 0. The first-order valence-corrected chi connectivity index (χ1v) is 14.4. The molecule has 0 saturated heterocycles. The van der Waals surface area contributed by atoms with Crippen molar-refractivity contribution in [3.05, 3.63) is 0 Å². The van der Waals surface area contributed by atoms with Crippen molar-refractivity contribution in [1.82, 2.24) is 0 Å². The van der Waals surface area contributed by atoms with E-state index in [2.05, 4.69) is 13.8 Å². The Morgan fingerprint density at radius 2 is 0.897 bits per heavy atom. The highest BCUT2D eigenvalue weighted by molar-refractivity contribution is 6.39. The lowest BCUT2D eigenvalue weighted by Crippen LogP contribution is -2.12. The molecule has 1 aliphatic carbocycles. The highest BCUT2D eigenvalue weighted by atomic mass is 14.1. The Balaban J connectivity index is 2.42. The minimum Gasteiger partial charge on any atom is -0.0654 e. The van der Waals surface area contributed by atoms with Gasteiger partial charge in [-0.05, 0) is 0 Å². The Labute approximate surface area is 187 Å². The second kappa shape index (κ2) is 21.3. The lowest BCUT2D eigenvalue weighted by molar-refractivity contribution is 0.520. The molecule has 1 heteroatoms. The van der Waals surface area contributed by atoms with Crippen molar-refractivity contribution in [2.75, 3.05) is 0 Å². The molecule has 0 bridgehead atoms. The second-order valence-corrected chi connectivity index (χ2v) is 10.5. The largest absolute Gasteiger partial charge is 0.127 e. The molecule has 0 aliphatic heterocycles. The zero-order valence-electron chi connectivity index (χ0n) is 20.8. The first-order valence-electron chi connectivity index (χ1n) is 14.4. The minimum absolute atomic E-state index is 1.04. The van der Waals surface area contributed by atoms with Gasteiger partial charge in [0.2, 0.25) is 0 Å². The van der Waals surface area contributed by atoms with Crippen molar-refractivity contribution in [2.24, 2.45) is 0 Å². The summed E-state index contributed by atoms with van der Waals surface area (Å²) in [7, 11) is 1.57. The van der Waals surface area contributed by atoms with Crippen molar-refractivity contribution in [2.45, 2.75) is 180 Å². The summed E-state index contributed by atoms with van der Waals surface area (Å²) < 4.78 is 0. The minimum atomic E-state index is 1.04. The third-order valence-corrected chi connectivity index (χ3v) is 7.57. The molecule has 0 amide bonds. The molecule has 1 aliphatic rings. The summed E-state index contributed by atoms with van der Waals surface area (Å²) >= 11 is 0. The van der Waals surface area contributed by atoms with Crippen molar-refractivity contribution < 1.29 is 0 Å². The van der Waals surface area contributed by atoms with Gasteiger partial charge in [0.25, 0.3) is 0 Å². The fraction of sp³-hybridized carbons (Fsp3) is 1.00. The molecule has 0 atom stereocenters. The first-order chi connectivity index (χ1) is 14.4. The molecule has 172 valence electrons. The van der Waals surface area contributed by atoms with Crippen LogP contribution in [-0.4, -0.2) is 7.28 Å². The van der Waals surface area contributed by atoms with Gasteiger partial charge in [-0.25, -0.2) is 0 Å². The molecule has 1 rings (SSSR count). The fourth-order valence-corrected chi connectivity index (χ4v) is 5.58. The topological polar surface area (TPSA) is 0 Å². The smallest absolute Gasteiger partial charge is 0.0654 e. The normalized spacial score (nSPS) is 18.2. The predicted molar refractivity (Wildman–Crippen MR) is 137 cm³/mol. The molecule has 0 unspecified atom stereocenters. The Morgan fingerprint density at radius 1 is 0.517 bits per heavy atom. The molecule has 0 spiro atoms. The molecule has 0 heterocycles. The fourth-order valence-electron chi connectivity index (χ4n) is 5.58. The van der Waals surface area contributed by atoms with Gasteiger partial charge in [0.15, 0.2) is 0 Å². The van der Waals surface area contributed by atoms with E-state index in [0.717, 1.165) is 11.6 Å². The number of hydrogen-bond acceptors (Lipinski definition) is 0. The van der Waals surface area contributed by atoms with Gasteiger partial charge in [-0.2, -0.15) is 0 Å². The highest BCUT2D eigenvalue weighted by Gasteiger charge is 2.18. The van der Waals surface area contributed by atoms with Crippen LogP contribution in [0.3, 0.4) is 0 Å². The van der Waals surface area contributed by atoms with E-state index in [1.54, 1.807) is 20.1 Å². The quantitative estimate of drug-likeness (QED) is 0.199. The molecule has 1 fully saturated rings. The second-order valence-electron chi connectivity index (χ2n) is 10.5. The summed E-state index contributed by atoms with van der Waals surface area (Å²) in [6, 6.07) is 0. The van der Waals surface area contributed by atoms with E-state index in [0.29, 0.717) is 0 Å². The Bertz CT molecular complexity index is 285. The van der Waals surface area contributed by atoms with Crippen LogP contribution in [0.1, 0.15) is 168 Å². The molecule has 0 radical (unpaired) electrons. The molecular weight excluding hydrogens is 347 g/mol. The van der Waals surface area contributed by atoms with Gasteiger partial charge in [0.1, 0.15) is 7.28 Å². The molecule has 0 N–H and O–H groups in total. The molecular formula is C28H57B. The average molecular weight is 405 g/mol. The van der Waals surface area contributed by atoms with E-state index in [-0.39, 0.29) is 0 Å². The molecule has 1 saturated carbocycles. The van der Waals surface area contributed by atoms with Gasteiger partial charge in [-0.1, -0.05) is 180 Å². The van der Waals surface area contributed by atoms with Crippen LogP contribution in [0.4, 0.5) is 0 Å². The van der Waals surface area contributed by atoms with Gasteiger partial charge in [0, 0.05) is 0 Å². The van der Waals surface area contributed by atoms with E-state index in [9.17, 15) is 0 Å². The molecule has 0 nitrogen and oxygen atoms in total. The van der Waals surface area contributed by atoms with Crippen molar-refractivity contribution in [1.29, 1.82) is 0 Å². The van der Waals surface area contributed by atoms with E-state index in [4.69, 9.17) is 0 Å². The summed E-state index contributed by atoms with van der Waals surface area (Å²) in [5.41, 5.74) is 0. The van der Waals surface area contributed by atoms with Crippen LogP contribution in [0.15, 0.2) is 0 Å². The molecule has 0 aromatic carbocycles. The van der Waals surface area contributed by atoms with Crippen LogP contribution in [0.5, 0.6) is 0 Å². The third-order valence-electron chi connectivity index (χ3n) is 7.57. The zero-order chi connectivity index (χ0) is 20.8. The zero-order valence-corrected chi connectivity index (χ0v) is 20.8. The van der Waals surface area contributed by atoms with Gasteiger partial charge in [0.05, 0.1) is 0 Å². The van der Waals surface area contributed by atoms with E-state index in [1.165, 1.54) is 141 Å². The lowest BCUT2D eigenvalue weighted by Gasteiger charge is -2.23. The Hall–Kier alpha value is 0.0649. The third kappa shape index (κ3) is 17.4.